The highest BCUT2D eigenvalue weighted by molar-refractivity contribution is 5.91. The van der Waals surface area contributed by atoms with E-state index in [9.17, 15) is 4.79 Å². The summed E-state index contributed by atoms with van der Waals surface area (Å²) in [5.41, 5.74) is 2.08. The molecule has 2 fully saturated rings. The standard InChI is InChI=1S/C20H25N3O3/c1-25-18-7-3-2-5-15(18)13-23-10-4-6-14(12-23)17-11-19(26-22-17)20(24)21-16-8-9-16/h2-3,5,7,11,14,16H,4,6,8-10,12-13H2,1H3,(H,21,24)/t14-/m1/s1. The van der Waals surface area contributed by atoms with Crippen molar-refractivity contribution in [1.29, 1.82) is 0 Å². The van der Waals surface area contributed by atoms with Gasteiger partial charge in [0.25, 0.3) is 5.91 Å². The molecule has 0 spiro atoms. The maximum Gasteiger partial charge on any atom is 0.290 e. The van der Waals surface area contributed by atoms with Crippen LogP contribution in [-0.2, 0) is 6.54 Å². The van der Waals surface area contributed by atoms with Crippen LogP contribution in [0.25, 0.3) is 0 Å². The first-order chi connectivity index (χ1) is 12.7. The zero-order chi connectivity index (χ0) is 17.9. The largest absolute Gasteiger partial charge is 0.496 e. The van der Waals surface area contributed by atoms with E-state index in [4.69, 9.17) is 9.26 Å². The fraction of sp³-hybridized carbons (Fsp3) is 0.500. The summed E-state index contributed by atoms with van der Waals surface area (Å²) in [6.45, 7) is 2.82. The zero-order valence-electron chi connectivity index (χ0n) is 15.1. The highest BCUT2D eigenvalue weighted by Crippen LogP contribution is 2.29. The van der Waals surface area contributed by atoms with Gasteiger partial charge in [-0.2, -0.15) is 0 Å². The molecule has 26 heavy (non-hydrogen) atoms. The number of piperidine rings is 1. The summed E-state index contributed by atoms with van der Waals surface area (Å²) in [6, 6.07) is 10.3. The number of rotatable bonds is 6. The van der Waals surface area contributed by atoms with Gasteiger partial charge >= 0.3 is 0 Å². The molecule has 2 aromatic rings. The van der Waals surface area contributed by atoms with Crippen molar-refractivity contribution in [1.82, 2.24) is 15.4 Å². The van der Waals surface area contributed by atoms with Crippen molar-refractivity contribution in [2.24, 2.45) is 0 Å². The maximum absolute atomic E-state index is 12.1. The Bertz CT molecular complexity index is 769. The van der Waals surface area contributed by atoms with Crippen molar-refractivity contribution >= 4 is 5.91 Å². The Morgan fingerprint density at radius 2 is 2.19 bits per heavy atom. The zero-order valence-corrected chi connectivity index (χ0v) is 15.1. The van der Waals surface area contributed by atoms with E-state index in [0.29, 0.717) is 17.7 Å². The summed E-state index contributed by atoms with van der Waals surface area (Å²) >= 11 is 0. The number of carbonyl (C=O) groups excluding carboxylic acids is 1. The molecule has 1 aliphatic carbocycles. The van der Waals surface area contributed by atoms with E-state index in [1.807, 2.05) is 24.3 Å². The number of benzene rings is 1. The average Bonchev–Trinajstić information content (AvgIpc) is 3.34. The van der Waals surface area contributed by atoms with Gasteiger partial charge in [0.2, 0.25) is 5.76 Å². The SMILES string of the molecule is COc1ccccc1CN1CCC[C@@H](c2cc(C(=O)NC3CC3)on2)C1. The van der Waals surface area contributed by atoms with Crippen LogP contribution in [0.2, 0.25) is 0 Å². The van der Waals surface area contributed by atoms with Gasteiger partial charge < -0.3 is 14.6 Å². The van der Waals surface area contributed by atoms with Crippen molar-refractivity contribution in [2.45, 2.75) is 44.2 Å². The molecule has 6 heteroatoms. The first-order valence-corrected chi connectivity index (χ1v) is 9.34. The second kappa shape index (κ2) is 7.50. The van der Waals surface area contributed by atoms with Crippen LogP contribution < -0.4 is 10.1 Å². The Kier molecular flexibility index (Phi) is 4.93. The lowest BCUT2D eigenvalue weighted by Gasteiger charge is -2.32. The molecule has 138 valence electrons. The lowest BCUT2D eigenvalue weighted by atomic mass is 9.94. The average molecular weight is 355 g/mol. The summed E-state index contributed by atoms with van der Waals surface area (Å²) in [6.07, 6.45) is 4.30. The van der Waals surface area contributed by atoms with Gasteiger partial charge in [-0.1, -0.05) is 23.4 Å². The number of hydrogen-bond acceptors (Lipinski definition) is 5. The van der Waals surface area contributed by atoms with E-state index < -0.39 is 0 Å². The summed E-state index contributed by atoms with van der Waals surface area (Å²) in [4.78, 5) is 14.5. The number of para-hydroxylation sites is 1. The lowest BCUT2D eigenvalue weighted by molar-refractivity contribution is 0.0914. The maximum atomic E-state index is 12.1. The van der Waals surface area contributed by atoms with Gasteiger partial charge in [-0.3, -0.25) is 9.69 Å². The monoisotopic (exact) mass is 355 g/mol. The number of likely N-dealkylation sites (tertiary alicyclic amines) is 1. The molecule has 1 aromatic carbocycles. The fourth-order valence-corrected chi connectivity index (χ4v) is 3.59. The van der Waals surface area contributed by atoms with Crippen LogP contribution in [0.1, 0.15) is 53.4 Å². The third kappa shape index (κ3) is 3.90. The minimum absolute atomic E-state index is 0.145. The first-order valence-electron chi connectivity index (χ1n) is 9.34. The quantitative estimate of drug-likeness (QED) is 0.863. The van der Waals surface area contributed by atoms with Gasteiger partial charge in [0.15, 0.2) is 0 Å². The molecule has 4 rings (SSSR count). The molecule has 0 unspecified atom stereocenters. The van der Waals surface area contributed by atoms with E-state index >= 15 is 0 Å². The first kappa shape index (κ1) is 17.1. The normalized spacial score (nSPS) is 20.7. The van der Waals surface area contributed by atoms with Crippen LogP contribution in [0.15, 0.2) is 34.9 Å². The van der Waals surface area contributed by atoms with E-state index in [1.54, 1.807) is 7.11 Å². The molecular weight excluding hydrogens is 330 g/mol. The fourth-order valence-electron chi connectivity index (χ4n) is 3.59. The van der Waals surface area contributed by atoms with Crippen LogP contribution >= 0.6 is 0 Å². The number of ether oxygens (including phenoxy) is 1. The minimum atomic E-state index is -0.145. The van der Waals surface area contributed by atoms with Crippen molar-refractivity contribution in [3.05, 3.63) is 47.3 Å². The number of amides is 1. The predicted octanol–water partition coefficient (Wildman–Crippen LogP) is 2.96. The van der Waals surface area contributed by atoms with Crippen molar-refractivity contribution in [3.8, 4) is 5.75 Å². The van der Waals surface area contributed by atoms with Crippen molar-refractivity contribution in [2.75, 3.05) is 20.2 Å². The molecule has 1 atom stereocenters. The Balaban J connectivity index is 1.40. The Hall–Kier alpha value is -2.34. The third-order valence-corrected chi connectivity index (χ3v) is 5.18. The van der Waals surface area contributed by atoms with Crippen LogP contribution in [0.5, 0.6) is 5.75 Å². The molecule has 1 N–H and O–H groups in total. The molecule has 2 aliphatic rings. The summed E-state index contributed by atoms with van der Waals surface area (Å²) in [5.74, 6) is 1.40. The molecule has 6 nitrogen and oxygen atoms in total. The molecule has 1 saturated heterocycles. The number of nitrogens with one attached hydrogen (secondary N) is 1. The number of nitrogens with zero attached hydrogens (tertiary/aromatic N) is 2. The smallest absolute Gasteiger partial charge is 0.290 e. The van der Waals surface area contributed by atoms with Gasteiger partial charge in [0.05, 0.1) is 12.8 Å². The van der Waals surface area contributed by atoms with Crippen molar-refractivity contribution in [3.63, 3.8) is 0 Å². The highest BCUT2D eigenvalue weighted by Gasteiger charge is 2.28. The molecule has 1 saturated carbocycles. The van der Waals surface area contributed by atoms with Crippen LogP contribution in [0.4, 0.5) is 0 Å². The second-order valence-corrected chi connectivity index (χ2v) is 7.25. The third-order valence-electron chi connectivity index (χ3n) is 5.18. The summed E-state index contributed by atoms with van der Waals surface area (Å²) < 4.78 is 10.8. The predicted molar refractivity (Wildman–Crippen MR) is 97.2 cm³/mol. The molecule has 2 heterocycles. The van der Waals surface area contributed by atoms with Gasteiger partial charge in [0.1, 0.15) is 5.75 Å². The Morgan fingerprint density at radius 1 is 1.35 bits per heavy atom. The van der Waals surface area contributed by atoms with E-state index in [-0.39, 0.29) is 5.91 Å². The number of carbonyl (C=O) groups is 1. The summed E-state index contributed by atoms with van der Waals surface area (Å²) in [5, 5.41) is 7.12. The number of aromatic nitrogens is 1. The number of hydrogen-bond donors (Lipinski definition) is 1. The molecular formula is C20H25N3O3. The topological polar surface area (TPSA) is 67.6 Å². The molecule has 0 radical (unpaired) electrons. The second-order valence-electron chi connectivity index (χ2n) is 7.25. The van der Waals surface area contributed by atoms with Crippen LogP contribution in [0.3, 0.4) is 0 Å². The van der Waals surface area contributed by atoms with Gasteiger partial charge in [-0.05, 0) is 38.3 Å². The molecule has 1 aromatic heterocycles. The summed E-state index contributed by atoms with van der Waals surface area (Å²) in [7, 11) is 1.71. The minimum Gasteiger partial charge on any atom is -0.496 e. The lowest BCUT2D eigenvalue weighted by Crippen LogP contribution is -2.34. The van der Waals surface area contributed by atoms with Gasteiger partial charge in [-0.25, -0.2) is 0 Å². The Labute approximate surface area is 153 Å². The number of methoxy groups -OCH3 is 1. The van der Waals surface area contributed by atoms with Crippen LogP contribution in [0, 0.1) is 0 Å². The van der Waals surface area contributed by atoms with E-state index in [1.165, 1.54) is 5.56 Å². The molecule has 1 aliphatic heterocycles. The van der Waals surface area contributed by atoms with Crippen molar-refractivity contribution < 1.29 is 14.1 Å². The highest BCUT2D eigenvalue weighted by atomic mass is 16.5. The molecule has 1 amide bonds. The van der Waals surface area contributed by atoms with Gasteiger partial charge in [-0.15, -0.1) is 0 Å². The van der Waals surface area contributed by atoms with Crippen LogP contribution in [-0.4, -0.2) is 42.2 Å². The van der Waals surface area contributed by atoms with Gasteiger partial charge in [0, 0.05) is 36.7 Å². The molecule has 0 bridgehead atoms. The Morgan fingerprint density at radius 3 is 3.00 bits per heavy atom. The van der Waals surface area contributed by atoms with E-state index in [0.717, 1.165) is 56.8 Å². The van der Waals surface area contributed by atoms with E-state index in [2.05, 4.69) is 21.4 Å².